The lowest BCUT2D eigenvalue weighted by Gasteiger charge is -2.14. The third-order valence-electron chi connectivity index (χ3n) is 3.19. The molecule has 5 nitrogen and oxygen atoms in total. The van der Waals surface area contributed by atoms with Crippen LogP contribution in [0.3, 0.4) is 0 Å². The Bertz CT molecular complexity index is 474. The van der Waals surface area contributed by atoms with E-state index in [-0.39, 0.29) is 31.2 Å². The fraction of sp³-hybridized carbons (Fsp3) is 0.500. The van der Waals surface area contributed by atoms with Gasteiger partial charge in [-0.15, -0.1) is 0 Å². The normalized spacial score (nSPS) is 11.8. The zero-order valence-electron chi connectivity index (χ0n) is 12.7. The Morgan fingerprint density at radius 3 is 2.38 bits per heavy atom. The van der Waals surface area contributed by atoms with E-state index in [1.54, 1.807) is 0 Å². The second kappa shape index (κ2) is 9.13. The summed E-state index contributed by atoms with van der Waals surface area (Å²) in [6, 6.07) is 7.51. The van der Waals surface area contributed by atoms with Gasteiger partial charge in [0.2, 0.25) is 11.8 Å². The first-order valence-corrected chi connectivity index (χ1v) is 7.31. The van der Waals surface area contributed by atoms with Gasteiger partial charge >= 0.3 is 0 Å². The van der Waals surface area contributed by atoms with Gasteiger partial charge in [0.05, 0.1) is 6.10 Å². The van der Waals surface area contributed by atoms with E-state index in [4.69, 9.17) is 0 Å². The summed E-state index contributed by atoms with van der Waals surface area (Å²) < 4.78 is 0. The van der Waals surface area contributed by atoms with E-state index in [1.165, 1.54) is 0 Å². The first kappa shape index (κ1) is 17.2. The van der Waals surface area contributed by atoms with Crippen LogP contribution < -0.4 is 10.6 Å². The van der Waals surface area contributed by atoms with Crippen LogP contribution in [-0.2, 0) is 9.59 Å². The third kappa shape index (κ3) is 6.40. The monoisotopic (exact) mass is 292 g/mol. The Balaban J connectivity index is 2.30. The number of rotatable bonds is 8. The smallest absolute Gasteiger partial charge is 0.220 e. The summed E-state index contributed by atoms with van der Waals surface area (Å²) in [7, 11) is 0. The quantitative estimate of drug-likeness (QED) is 0.678. The van der Waals surface area contributed by atoms with Gasteiger partial charge in [-0.1, -0.05) is 31.2 Å². The molecule has 0 aliphatic heterocycles. The van der Waals surface area contributed by atoms with Gasteiger partial charge in [-0.2, -0.15) is 0 Å². The number of benzene rings is 1. The zero-order valence-corrected chi connectivity index (χ0v) is 12.7. The van der Waals surface area contributed by atoms with E-state index < -0.39 is 6.10 Å². The molecule has 1 rings (SSSR count). The fourth-order valence-corrected chi connectivity index (χ4v) is 1.95. The fourth-order valence-electron chi connectivity index (χ4n) is 1.95. The minimum Gasteiger partial charge on any atom is -0.387 e. The highest BCUT2D eigenvalue weighted by molar-refractivity contribution is 5.83. The van der Waals surface area contributed by atoms with Crippen molar-refractivity contribution in [3.8, 4) is 0 Å². The van der Waals surface area contributed by atoms with Gasteiger partial charge in [-0.3, -0.25) is 9.59 Å². The van der Waals surface area contributed by atoms with Crippen molar-refractivity contribution in [1.29, 1.82) is 0 Å². The lowest BCUT2D eigenvalue weighted by atomic mass is 10.0. The van der Waals surface area contributed by atoms with E-state index in [0.29, 0.717) is 6.54 Å². The Kier molecular flexibility index (Phi) is 7.46. The van der Waals surface area contributed by atoms with Crippen LogP contribution in [0.2, 0.25) is 0 Å². The van der Waals surface area contributed by atoms with Gasteiger partial charge in [0.25, 0.3) is 0 Å². The minimum absolute atomic E-state index is 0.119. The van der Waals surface area contributed by atoms with Crippen molar-refractivity contribution >= 4 is 11.8 Å². The average molecular weight is 292 g/mol. The Labute approximate surface area is 125 Å². The highest BCUT2D eigenvalue weighted by atomic mass is 16.3. The summed E-state index contributed by atoms with van der Waals surface area (Å²) in [5.74, 6) is -0.347. The van der Waals surface area contributed by atoms with Gasteiger partial charge in [0, 0.05) is 25.9 Å². The summed E-state index contributed by atoms with van der Waals surface area (Å²) in [5, 5.41) is 15.4. The summed E-state index contributed by atoms with van der Waals surface area (Å²) >= 11 is 0. The van der Waals surface area contributed by atoms with Gasteiger partial charge < -0.3 is 15.7 Å². The first-order chi connectivity index (χ1) is 10.0. The molecule has 1 atom stereocenters. The van der Waals surface area contributed by atoms with Crippen molar-refractivity contribution in [2.24, 2.45) is 0 Å². The number of carbonyl (C=O) groups excluding carboxylic acids is 2. The molecule has 116 valence electrons. The van der Waals surface area contributed by atoms with Crippen molar-refractivity contribution in [2.45, 2.75) is 39.2 Å². The second-order valence-electron chi connectivity index (χ2n) is 5.03. The van der Waals surface area contributed by atoms with Crippen LogP contribution in [0.4, 0.5) is 0 Å². The largest absolute Gasteiger partial charge is 0.387 e. The number of aryl methyl sites for hydroxylation is 1. The van der Waals surface area contributed by atoms with Gasteiger partial charge in [-0.25, -0.2) is 0 Å². The van der Waals surface area contributed by atoms with Crippen molar-refractivity contribution in [1.82, 2.24) is 10.6 Å². The number of aliphatic hydroxyl groups excluding tert-OH is 1. The Morgan fingerprint density at radius 1 is 1.14 bits per heavy atom. The Morgan fingerprint density at radius 2 is 1.76 bits per heavy atom. The number of carbonyl (C=O) groups is 2. The van der Waals surface area contributed by atoms with Gasteiger partial charge in [-0.05, 0) is 24.5 Å². The van der Waals surface area contributed by atoms with Crippen LogP contribution >= 0.6 is 0 Å². The minimum atomic E-state index is -0.732. The maximum Gasteiger partial charge on any atom is 0.220 e. The molecule has 2 amide bonds. The maximum absolute atomic E-state index is 11.6. The number of hydrogen-bond acceptors (Lipinski definition) is 3. The van der Waals surface area contributed by atoms with Crippen LogP contribution in [0.5, 0.6) is 0 Å². The molecule has 21 heavy (non-hydrogen) atoms. The van der Waals surface area contributed by atoms with E-state index in [9.17, 15) is 14.7 Å². The topological polar surface area (TPSA) is 78.4 Å². The van der Waals surface area contributed by atoms with Gasteiger partial charge in [0.1, 0.15) is 0 Å². The molecule has 0 heterocycles. The molecule has 0 spiro atoms. The molecule has 1 aromatic carbocycles. The van der Waals surface area contributed by atoms with Crippen LogP contribution in [0, 0.1) is 6.92 Å². The molecule has 0 aromatic heterocycles. The molecule has 1 aromatic rings. The SMILES string of the molecule is CCCNC(=O)CCC(=O)NCC(O)c1ccccc1C. The predicted molar refractivity (Wildman–Crippen MR) is 81.7 cm³/mol. The van der Waals surface area contributed by atoms with E-state index >= 15 is 0 Å². The van der Waals surface area contributed by atoms with Crippen LogP contribution in [0.15, 0.2) is 24.3 Å². The molecule has 0 saturated heterocycles. The second-order valence-corrected chi connectivity index (χ2v) is 5.03. The number of aliphatic hydroxyl groups is 1. The van der Waals surface area contributed by atoms with Crippen LogP contribution in [-0.4, -0.2) is 30.0 Å². The lowest BCUT2D eigenvalue weighted by molar-refractivity contribution is -0.126. The van der Waals surface area contributed by atoms with E-state index in [2.05, 4.69) is 10.6 Å². The molecular weight excluding hydrogens is 268 g/mol. The standard InChI is InChI=1S/C16H24N2O3/c1-3-10-17-15(20)8-9-16(21)18-11-14(19)13-7-5-4-6-12(13)2/h4-7,14,19H,3,8-11H2,1-2H3,(H,17,20)(H,18,21). The molecule has 1 unspecified atom stereocenters. The molecule has 0 aliphatic rings. The van der Waals surface area contributed by atoms with Crippen molar-refractivity contribution in [2.75, 3.05) is 13.1 Å². The van der Waals surface area contributed by atoms with Crippen molar-refractivity contribution in [3.63, 3.8) is 0 Å². The highest BCUT2D eigenvalue weighted by Crippen LogP contribution is 2.16. The Hall–Kier alpha value is -1.88. The lowest BCUT2D eigenvalue weighted by Crippen LogP contribution is -2.30. The zero-order chi connectivity index (χ0) is 15.7. The number of nitrogens with one attached hydrogen (secondary N) is 2. The molecule has 0 radical (unpaired) electrons. The highest BCUT2D eigenvalue weighted by Gasteiger charge is 2.12. The first-order valence-electron chi connectivity index (χ1n) is 7.31. The summed E-state index contributed by atoms with van der Waals surface area (Å²) in [5.41, 5.74) is 1.79. The van der Waals surface area contributed by atoms with Crippen LogP contribution in [0.25, 0.3) is 0 Å². The molecular formula is C16H24N2O3. The summed E-state index contributed by atoms with van der Waals surface area (Å²) in [6.07, 6.45) is 0.451. The number of hydrogen-bond donors (Lipinski definition) is 3. The van der Waals surface area contributed by atoms with E-state index in [1.807, 2.05) is 38.1 Å². The van der Waals surface area contributed by atoms with E-state index in [0.717, 1.165) is 17.5 Å². The molecule has 0 saturated carbocycles. The van der Waals surface area contributed by atoms with Crippen LogP contribution in [0.1, 0.15) is 43.4 Å². The third-order valence-corrected chi connectivity index (χ3v) is 3.19. The molecule has 0 fully saturated rings. The summed E-state index contributed by atoms with van der Waals surface area (Å²) in [6.45, 7) is 4.67. The molecule has 3 N–H and O–H groups in total. The molecule has 0 aliphatic carbocycles. The van der Waals surface area contributed by atoms with Gasteiger partial charge in [0.15, 0.2) is 0 Å². The number of amides is 2. The summed E-state index contributed by atoms with van der Waals surface area (Å²) in [4.78, 5) is 23.0. The molecule has 5 heteroatoms. The molecule has 0 bridgehead atoms. The van der Waals surface area contributed by atoms with Crippen molar-refractivity contribution < 1.29 is 14.7 Å². The van der Waals surface area contributed by atoms with Crippen molar-refractivity contribution in [3.05, 3.63) is 35.4 Å². The average Bonchev–Trinajstić information content (AvgIpc) is 2.48. The predicted octanol–water partition coefficient (Wildman–Crippen LogP) is 1.45. The maximum atomic E-state index is 11.6.